The monoisotopic (exact) mass is 287 g/mol. The maximum Gasteiger partial charge on any atom is 0.164 e. The van der Waals surface area contributed by atoms with E-state index >= 15 is 0 Å². The van der Waals surface area contributed by atoms with E-state index in [1.54, 1.807) is 7.11 Å². The van der Waals surface area contributed by atoms with E-state index in [1.807, 2.05) is 20.8 Å². The van der Waals surface area contributed by atoms with Gasteiger partial charge in [0, 0.05) is 15.6 Å². The molecule has 4 heteroatoms. The molecule has 0 aliphatic heterocycles. The number of methoxy groups -OCH3 is 1. The Hall–Kier alpha value is -0.740. The van der Waals surface area contributed by atoms with Crippen LogP contribution in [0.4, 0.5) is 0 Å². The third kappa shape index (κ3) is 2.04. The fraction of sp³-hybridized carbons (Fsp3) is 0.500. The van der Waals surface area contributed by atoms with Gasteiger partial charge < -0.3 is 15.6 Å². The third-order valence-corrected chi connectivity index (χ3v) is 4.11. The largest absolute Gasteiger partial charge is 0.504 e. The highest BCUT2D eigenvalue weighted by molar-refractivity contribution is 9.10. The molecule has 0 radical (unpaired) electrons. The topological polar surface area (TPSA) is 55.5 Å². The van der Waals surface area contributed by atoms with E-state index in [-0.39, 0.29) is 11.7 Å². The number of phenolic OH excluding ortho intramolecular Hbond substituents is 1. The van der Waals surface area contributed by atoms with Crippen LogP contribution < -0.4 is 10.5 Å². The van der Waals surface area contributed by atoms with Crippen molar-refractivity contribution in [1.29, 1.82) is 0 Å². The second-order valence-corrected chi connectivity index (χ2v) is 4.79. The van der Waals surface area contributed by atoms with Gasteiger partial charge in [-0.05, 0) is 31.9 Å². The van der Waals surface area contributed by atoms with Crippen LogP contribution in [-0.2, 0) is 0 Å². The summed E-state index contributed by atoms with van der Waals surface area (Å²) in [6.45, 7) is 6.36. The van der Waals surface area contributed by atoms with E-state index in [9.17, 15) is 5.11 Å². The summed E-state index contributed by atoms with van der Waals surface area (Å²) in [5.74, 6) is 0.831. The van der Waals surface area contributed by atoms with Gasteiger partial charge >= 0.3 is 0 Å². The summed E-state index contributed by atoms with van der Waals surface area (Å²) < 4.78 is 6.20. The maximum atomic E-state index is 10.2. The quantitative estimate of drug-likeness (QED) is 0.899. The van der Waals surface area contributed by atoms with Crippen molar-refractivity contribution in [2.75, 3.05) is 13.7 Å². The molecule has 16 heavy (non-hydrogen) atoms. The third-order valence-electron chi connectivity index (χ3n) is 2.92. The Morgan fingerprint density at radius 3 is 2.38 bits per heavy atom. The number of benzene rings is 1. The molecular weight excluding hydrogens is 270 g/mol. The van der Waals surface area contributed by atoms with Crippen LogP contribution in [0.1, 0.15) is 29.5 Å². The molecule has 1 aromatic rings. The second kappa shape index (κ2) is 5.06. The molecule has 1 aromatic carbocycles. The number of nitrogens with two attached hydrogens (primary N) is 1. The molecule has 3 N–H and O–H groups in total. The summed E-state index contributed by atoms with van der Waals surface area (Å²) in [6.07, 6.45) is 0. The van der Waals surface area contributed by atoms with Gasteiger partial charge in [-0.15, -0.1) is 0 Å². The van der Waals surface area contributed by atoms with Crippen molar-refractivity contribution < 1.29 is 9.84 Å². The molecule has 0 amide bonds. The second-order valence-electron chi connectivity index (χ2n) is 4.00. The summed E-state index contributed by atoms with van der Waals surface area (Å²) >= 11 is 3.52. The van der Waals surface area contributed by atoms with Crippen molar-refractivity contribution in [3.63, 3.8) is 0 Å². The van der Waals surface area contributed by atoms with Crippen LogP contribution in [0.15, 0.2) is 4.47 Å². The maximum absolute atomic E-state index is 10.2. The van der Waals surface area contributed by atoms with Crippen molar-refractivity contribution >= 4 is 15.9 Å². The van der Waals surface area contributed by atoms with E-state index < -0.39 is 0 Å². The van der Waals surface area contributed by atoms with Crippen LogP contribution in [0.3, 0.4) is 0 Å². The molecule has 0 aliphatic rings. The normalized spacial score (nSPS) is 12.6. The number of ether oxygens (including phenoxy) is 1. The zero-order valence-electron chi connectivity index (χ0n) is 10.1. The molecule has 1 unspecified atom stereocenters. The summed E-state index contributed by atoms with van der Waals surface area (Å²) in [4.78, 5) is 0. The number of hydrogen-bond acceptors (Lipinski definition) is 3. The van der Waals surface area contributed by atoms with Gasteiger partial charge in [-0.1, -0.05) is 22.9 Å². The molecule has 3 nitrogen and oxygen atoms in total. The first kappa shape index (κ1) is 13.3. The fourth-order valence-corrected chi connectivity index (χ4v) is 2.34. The fourth-order valence-electron chi connectivity index (χ4n) is 1.95. The Bertz CT molecular complexity index is 405. The highest BCUT2D eigenvalue weighted by atomic mass is 79.9. The van der Waals surface area contributed by atoms with E-state index in [2.05, 4.69) is 15.9 Å². The summed E-state index contributed by atoms with van der Waals surface area (Å²) in [5.41, 5.74) is 8.44. The van der Waals surface area contributed by atoms with Gasteiger partial charge in [0.25, 0.3) is 0 Å². The molecular formula is C12H18BrNO2. The van der Waals surface area contributed by atoms with Crippen LogP contribution in [-0.4, -0.2) is 18.8 Å². The first-order valence-corrected chi connectivity index (χ1v) is 6.00. The van der Waals surface area contributed by atoms with Crippen molar-refractivity contribution in [3.05, 3.63) is 21.2 Å². The number of phenols is 1. The highest BCUT2D eigenvalue weighted by Crippen LogP contribution is 2.43. The molecule has 90 valence electrons. The Labute approximate surface area is 105 Å². The molecule has 0 spiro atoms. The highest BCUT2D eigenvalue weighted by Gasteiger charge is 2.21. The molecule has 0 bridgehead atoms. The van der Waals surface area contributed by atoms with Gasteiger partial charge in [0.2, 0.25) is 0 Å². The molecule has 0 fully saturated rings. The first-order chi connectivity index (χ1) is 7.45. The minimum Gasteiger partial charge on any atom is -0.504 e. The predicted octanol–water partition coefficient (Wildman–Crippen LogP) is 2.84. The van der Waals surface area contributed by atoms with E-state index in [1.165, 1.54) is 0 Å². The molecule has 0 aliphatic carbocycles. The summed E-state index contributed by atoms with van der Waals surface area (Å²) in [6, 6.07) is 0. The molecule has 0 aromatic heterocycles. The lowest BCUT2D eigenvalue weighted by Gasteiger charge is -2.20. The lowest BCUT2D eigenvalue weighted by molar-refractivity contribution is 0.365. The lowest BCUT2D eigenvalue weighted by Crippen LogP contribution is -2.11. The van der Waals surface area contributed by atoms with Crippen molar-refractivity contribution in [1.82, 2.24) is 0 Å². The Morgan fingerprint density at radius 2 is 1.94 bits per heavy atom. The smallest absolute Gasteiger partial charge is 0.164 e. The number of hydrogen-bond donors (Lipinski definition) is 2. The van der Waals surface area contributed by atoms with Crippen molar-refractivity contribution in [2.45, 2.75) is 26.7 Å². The SMILES string of the molecule is COc1c(C)c(Br)c(C)c(C(C)CN)c1O. The zero-order valence-corrected chi connectivity index (χ0v) is 11.7. The molecule has 0 heterocycles. The van der Waals surface area contributed by atoms with E-state index in [0.29, 0.717) is 12.3 Å². The van der Waals surface area contributed by atoms with Crippen LogP contribution in [0, 0.1) is 13.8 Å². The van der Waals surface area contributed by atoms with Gasteiger partial charge in [-0.25, -0.2) is 0 Å². The van der Waals surface area contributed by atoms with Gasteiger partial charge in [0.15, 0.2) is 11.5 Å². The van der Waals surface area contributed by atoms with Crippen LogP contribution >= 0.6 is 15.9 Å². The van der Waals surface area contributed by atoms with Crippen molar-refractivity contribution in [3.8, 4) is 11.5 Å². The summed E-state index contributed by atoms with van der Waals surface area (Å²) in [5, 5.41) is 10.2. The number of aromatic hydroxyl groups is 1. The van der Waals surface area contributed by atoms with E-state index in [0.717, 1.165) is 21.2 Å². The van der Waals surface area contributed by atoms with Gasteiger partial charge in [0.05, 0.1) is 7.11 Å². The molecule has 1 rings (SSSR count). The standard InChI is InChI=1S/C12H18BrNO2/c1-6(5-14)9-7(2)10(13)8(3)12(16-4)11(9)15/h6,15H,5,14H2,1-4H3. The van der Waals surface area contributed by atoms with E-state index in [4.69, 9.17) is 10.5 Å². The minimum absolute atomic E-state index is 0.103. The Balaban J connectivity index is 3.55. The molecule has 0 saturated heterocycles. The average Bonchev–Trinajstić information content (AvgIpc) is 2.27. The van der Waals surface area contributed by atoms with Gasteiger partial charge in [0.1, 0.15) is 0 Å². The number of rotatable bonds is 3. The van der Waals surface area contributed by atoms with Crippen molar-refractivity contribution in [2.24, 2.45) is 5.73 Å². The van der Waals surface area contributed by atoms with Crippen LogP contribution in [0.2, 0.25) is 0 Å². The van der Waals surface area contributed by atoms with Gasteiger partial charge in [-0.3, -0.25) is 0 Å². The number of halogens is 1. The predicted molar refractivity (Wildman–Crippen MR) is 69.3 cm³/mol. The van der Waals surface area contributed by atoms with Crippen LogP contribution in [0.25, 0.3) is 0 Å². The summed E-state index contributed by atoms with van der Waals surface area (Å²) in [7, 11) is 1.56. The average molecular weight is 288 g/mol. The Kier molecular flexibility index (Phi) is 4.21. The zero-order chi connectivity index (χ0) is 12.5. The lowest BCUT2D eigenvalue weighted by atomic mass is 9.93. The Morgan fingerprint density at radius 1 is 1.38 bits per heavy atom. The minimum atomic E-state index is 0.103. The van der Waals surface area contributed by atoms with Crippen LogP contribution in [0.5, 0.6) is 11.5 Å². The molecule has 0 saturated carbocycles. The molecule has 1 atom stereocenters. The van der Waals surface area contributed by atoms with Gasteiger partial charge in [-0.2, -0.15) is 0 Å². The first-order valence-electron chi connectivity index (χ1n) is 5.21.